The van der Waals surface area contributed by atoms with Crippen molar-refractivity contribution in [3.63, 3.8) is 0 Å². The molecule has 2 rings (SSSR count). The summed E-state index contributed by atoms with van der Waals surface area (Å²) in [6.07, 6.45) is 2.37. The molecule has 1 fully saturated rings. The summed E-state index contributed by atoms with van der Waals surface area (Å²) in [7, 11) is 0. The van der Waals surface area contributed by atoms with E-state index in [0.29, 0.717) is 37.6 Å². The van der Waals surface area contributed by atoms with E-state index < -0.39 is 6.16 Å². The maximum Gasteiger partial charge on any atom is 0.513 e. The predicted molar refractivity (Wildman–Crippen MR) is 97.6 cm³/mol. The standard InChI is InChI=1S/C19H24N2O6/c1-2-26-19(24)27-16-5-3-15(4-6-16)18(23)21-10-9-20-17(22)13-14-7-11-25-12-8-14/h3-6,13H,2,7-12H2,1H3,(H,20,22)(H,21,23). The predicted octanol–water partition coefficient (Wildman–Crippen LogP) is 1.80. The van der Waals surface area contributed by atoms with Crippen molar-refractivity contribution in [1.82, 2.24) is 10.6 Å². The Balaban J connectivity index is 1.69. The molecule has 8 heteroatoms. The van der Waals surface area contributed by atoms with Crippen molar-refractivity contribution >= 4 is 18.0 Å². The summed E-state index contributed by atoms with van der Waals surface area (Å²) in [6, 6.07) is 6.09. The van der Waals surface area contributed by atoms with Crippen LogP contribution >= 0.6 is 0 Å². The molecule has 1 saturated heterocycles. The Hall–Kier alpha value is -2.87. The molecule has 0 aromatic heterocycles. The number of rotatable bonds is 7. The minimum atomic E-state index is -0.791. The van der Waals surface area contributed by atoms with Gasteiger partial charge in [0.25, 0.3) is 5.91 Å². The zero-order valence-electron chi connectivity index (χ0n) is 15.3. The lowest BCUT2D eigenvalue weighted by molar-refractivity contribution is -0.116. The van der Waals surface area contributed by atoms with Crippen LogP contribution in [0.3, 0.4) is 0 Å². The molecule has 1 aromatic carbocycles. The number of carbonyl (C=O) groups excluding carboxylic acids is 3. The molecular weight excluding hydrogens is 352 g/mol. The van der Waals surface area contributed by atoms with Crippen LogP contribution in [0, 0.1) is 0 Å². The fourth-order valence-electron chi connectivity index (χ4n) is 2.40. The van der Waals surface area contributed by atoms with Crippen LogP contribution in [0.25, 0.3) is 0 Å². The molecule has 1 aliphatic heterocycles. The van der Waals surface area contributed by atoms with Gasteiger partial charge in [0.1, 0.15) is 5.75 Å². The maximum absolute atomic E-state index is 12.1. The molecule has 0 bridgehead atoms. The molecule has 0 spiro atoms. The number of hydrogen-bond donors (Lipinski definition) is 2. The number of carbonyl (C=O) groups is 3. The lowest BCUT2D eigenvalue weighted by Gasteiger charge is -2.14. The first-order chi connectivity index (χ1) is 13.1. The van der Waals surface area contributed by atoms with Crippen LogP contribution in [0.1, 0.15) is 30.1 Å². The van der Waals surface area contributed by atoms with E-state index in [2.05, 4.69) is 15.4 Å². The minimum Gasteiger partial charge on any atom is -0.434 e. The van der Waals surface area contributed by atoms with E-state index in [1.54, 1.807) is 13.0 Å². The van der Waals surface area contributed by atoms with Crippen LogP contribution in [0.4, 0.5) is 4.79 Å². The van der Waals surface area contributed by atoms with Gasteiger partial charge in [-0.3, -0.25) is 9.59 Å². The molecule has 1 aliphatic rings. The first-order valence-corrected chi connectivity index (χ1v) is 8.86. The third kappa shape index (κ3) is 7.49. The van der Waals surface area contributed by atoms with Gasteiger partial charge in [0.15, 0.2) is 0 Å². The summed E-state index contributed by atoms with van der Waals surface area (Å²) in [5, 5.41) is 5.45. The molecule has 27 heavy (non-hydrogen) atoms. The molecule has 0 saturated carbocycles. The first-order valence-electron chi connectivity index (χ1n) is 8.86. The topological polar surface area (TPSA) is 103 Å². The molecule has 2 N–H and O–H groups in total. The summed E-state index contributed by atoms with van der Waals surface area (Å²) in [5.74, 6) is -0.158. The normalized spacial score (nSPS) is 13.4. The SMILES string of the molecule is CCOC(=O)Oc1ccc(C(=O)NCCNC(=O)C=C2CCOCC2)cc1. The van der Waals surface area contributed by atoms with Gasteiger partial charge in [-0.05, 0) is 44.0 Å². The van der Waals surface area contributed by atoms with Crippen LogP contribution in [0.2, 0.25) is 0 Å². The summed E-state index contributed by atoms with van der Waals surface area (Å²) >= 11 is 0. The highest BCUT2D eigenvalue weighted by atomic mass is 16.7. The molecule has 146 valence electrons. The third-order valence-corrected chi connectivity index (χ3v) is 3.76. The largest absolute Gasteiger partial charge is 0.513 e. The minimum absolute atomic E-state index is 0.165. The molecule has 0 aliphatic carbocycles. The van der Waals surface area contributed by atoms with Gasteiger partial charge in [0, 0.05) is 24.7 Å². The highest BCUT2D eigenvalue weighted by Gasteiger charge is 2.09. The van der Waals surface area contributed by atoms with Crippen molar-refractivity contribution in [1.29, 1.82) is 0 Å². The number of nitrogens with one attached hydrogen (secondary N) is 2. The van der Waals surface area contributed by atoms with E-state index in [0.717, 1.165) is 18.4 Å². The quantitative estimate of drug-likeness (QED) is 0.326. The van der Waals surface area contributed by atoms with Crippen LogP contribution in [-0.2, 0) is 14.3 Å². The maximum atomic E-state index is 12.1. The van der Waals surface area contributed by atoms with Gasteiger partial charge < -0.3 is 24.8 Å². The molecule has 8 nitrogen and oxygen atoms in total. The smallest absolute Gasteiger partial charge is 0.434 e. The second-order valence-corrected chi connectivity index (χ2v) is 5.77. The molecule has 0 unspecified atom stereocenters. The molecule has 0 radical (unpaired) electrons. The lowest BCUT2D eigenvalue weighted by atomic mass is 10.1. The molecule has 0 atom stereocenters. The second kappa shape index (κ2) is 11.0. The Morgan fingerprint density at radius 3 is 2.41 bits per heavy atom. The number of ether oxygens (including phenoxy) is 3. The summed E-state index contributed by atoms with van der Waals surface area (Å²) in [5.41, 5.74) is 1.50. The van der Waals surface area contributed by atoms with Crippen LogP contribution in [-0.4, -0.2) is 50.9 Å². The van der Waals surface area contributed by atoms with E-state index in [1.807, 2.05) is 0 Å². The highest BCUT2D eigenvalue weighted by molar-refractivity contribution is 5.94. The zero-order valence-corrected chi connectivity index (χ0v) is 15.3. The van der Waals surface area contributed by atoms with Crippen LogP contribution in [0.15, 0.2) is 35.9 Å². The van der Waals surface area contributed by atoms with E-state index in [9.17, 15) is 14.4 Å². The summed E-state index contributed by atoms with van der Waals surface area (Å²) in [6.45, 7) is 3.84. The Bertz CT molecular complexity index is 676. The molecule has 1 aromatic rings. The number of hydrogen-bond acceptors (Lipinski definition) is 6. The van der Waals surface area contributed by atoms with Crippen molar-refractivity contribution in [3.8, 4) is 5.75 Å². The van der Waals surface area contributed by atoms with E-state index in [-0.39, 0.29) is 18.4 Å². The average molecular weight is 376 g/mol. The van der Waals surface area contributed by atoms with E-state index in [1.165, 1.54) is 24.3 Å². The van der Waals surface area contributed by atoms with Gasteiger partial charge in [-0.2, -0.15) is 0 Å². The Labute approximate surface area is 157 Å². The zero-order chi connectivity index (χ0) is 19.5. The fourth-order valence-corrected chi connectivity index (χ4v) is 2.40. The summed E-state index contributed by atoms with van der Waals surface area (Å²) in [4.78, 5) is 35.1. The van der Waals surface area contributed by atoms with Crippen molar-refractivity contribution in [2.75, 3.05) is 32.9 Å². The van der Waals surface area contributed by atoms with E-state index >= 15 is 0 Å². The third-order valence-electron chi connectivity index (χ3n) is 3.76. The first kappa shape index (κ1) is 20.4. The van der Waals surface area contributed by atoms with Crippen molar-refractivity contribution in [2.45, 2.75) is 19.8 Å². The van der Waals surface area contributed by atoms with Gasteiger partial charge >= 0.3 is 6.16 Å². The average Bonchev–Trinajstić information content (AvgIpc) is 2.66. The van der Waals surface area contributed by atoms with Crippen molar-refractivity contribution in [3.05, 3.63) is 41.5 Å². The number of amides is 2. The van der Waals surface area contributed by atoms with Crippen molar-refractivity contribution < 1.29 is 28.6 Å². The van der Waals surface area contributed by atoms with Gasteiger partial charge in [-0.15, -0.1) is 0 Å². The van der Waals surface area contributed by atoms with Gasteiger partial charge in [0.2, 0.25) is 5.91 Å². The van der Waals surface area contributed by atoms with Gasteiger partial charge in [-0.1, -0.05) is 5.57 Å². The van der Waals surface area contributed by atoms with Crippen molar-refractivity contribution in [2.24, 2.45) is 0 Å². The van der Waals surface area contributed by atoms with Crippen LogP contribution < -0.4 is 15.4 Å². The molecule has 2 amide bonds. The molecule has 1 heterocycles. The van der Waals surface area contributed by atoms with Gasteiger partial charge in [0.05, 0.1) is 19.8 Å². The van der Waals surface area contributed by atoms with E-state index in [4.69, 9.17) is 9.47 Å². The summed E-state index contributed by atoms with van der Waals surface area (Å²) < 4.78 is 14.8. The Morgan fingerprint density at radius 1 is 1.07 bits per heavy atom. The number of benzene rings is 1. The second-order valence-electron chi connectivity index (χ2n) is 5.77. The Kier molecular flexibility index (Phi) is 8.31. The monoisotopic (exact) mass is 376 g/mol. The Morgan fingerprint density at radius 2 is 1.74 bits per heavy atom. The lowest BCUT2D eigenvalue weighted by Crippen LogP contribution is -2.34. The fraction of sp³-hybridized carbons (Fsp3) is 0.421. The highest BCUT2D eigenvalue weighted by Crippen LogP contribution is 2.13. The van der Waals surface area contributed by atoms with Gasteiger partial charge in [-0.25, -0.2) is 4.79 Å². The molecular formula is C19H24N2O6. The van der Waals surface area contributed by atoms with Crippen LogP contribution in [0.5, 0.6) is 5.75 Å².